The molecule has 0 radical (unpaired) electrons. The summed E-state index contributed by atoms with van der Waals surface area (Å²) < 4.78 is 5.21. The Bertz CT molecular complexity index is 382. The maximum Gasteiger partial charge on any atom is 0.119 e. The van der Waals surface area contributed by atoms with Crippen LogP contribution in [0.15, 0.2) is 24.3 Å². The average molecular weight is 262 g/mol. The maximum atomic E-state index is 5.21. The Kier molecular flexibility index (Phi) is 4.70. The normalized spacial score (nSPS) is 18.1. The van der Waals surface area contributed by atoms with Crippen molar-refractivity contribution in [2.45, 2.75) is 26.2 Å². The Morgan fingerprint density at radius 2 is 1.84 bits per heavy atom. The zero-order chi connectivity index (χ0) is 13.7. The van der Waals surface area contributed by atoms with Crippen LogP contribution < -0.4 is 15.0 Å². The van der Waals surface area contributed by atoms with E-state index in [0.29, 0.717) is 5.41 Å². The van der Waals surface area contributed by atoms with Gasteiger partial charge in [-0.3, -0.25) is 0 Å². The summed E-state index contributed by atoms with van der Waals surface area (Å²) in [5.74, 6) is 0.921. The van der Waals surface area contributed by atoms with Gasteiger partial charge in [0.05, 0.1) is 7.11 Å². The van der Waals surface area contributed by atoms with E-state index in [2.05, 4.69) is 36.3 Å². The lowest BCUT2D eigenvalue weighted by molar-refractivity contribution is 0.200. The zero-order valence-corrected chi connectivity index (χ0v) is 12.4. The van der Waals surface area contributed by atoms with Gasteiger partial charge in [0.15, 0.2) is 0 Å². The molecule has 3 heteroatoms. The largest absolute Gasteiger partial charge is 0.497 e. The molecule has 1 N–H and O–H groups in total. The van der Waals surface area contributed by atoms with Crippen LogP contribution in [0.3, 0.4) is 0 Å². The van der Waals surface area contributed by atoms with Crippen molar-refractivity contribution in [2.24, 2.45) is 5.41 Å². The highest BCUT2D eigenvalue weighted by molar-refractivity contribution is 5.48. The average Bonchev–Trinajstić information content (AvgIpc) is 2.48. The molecule has 0 saturated carbocycles. The van der Waals surface area contributed by atoms with Crippen molar-refractivity contribution in [3.63, 3.8) is 0 Å². The monoisotopic (exact) mass is 262 g/mol. The predicted octanol–water partition coefficient (Wildman–Crippen LogP) is 2.91. The number of rotatable bonds is 5. The van der Waals surface area contributed by atoms with Gasteiger partial charge in [-0.15, -0.1) is 0 Å². The van der Waals surface area contributed by atoms with Gasteiger partial charge in [-0.1, -0.05) is 6.92 Å². The van der Waals surface area contributed by atoms with E-state index < -0.39 is 0 Å². The lowest BCUT2D eigenvalue weighted by Crippen LogP contribution is -2.43. The summed E-state index contributed by atoms with van der Waals surface area (Å²) >= 11 is 0. The topological polar surface area (TPSA) is 24.5 Å². The quantitative estimate of drug-likeness (QED) is 0.883. The zero-order valence-electron chi connectivity index (χ0n) is 12.4. The number of hydrogen-bond donors (Lipinski definition) is 1. The number of hydrogen-bond acceptors (Lipinski definition) is 3. The summed E-state index contributed by atoms with van der Waals surface area (Å²) in [6, 6.07) is 8.35. The fourth-order valence-corrected chi connectivity index (χ4v) is 3.01. The molecule has 3 nitrogen and oxygen atoms in total. The second-order valence-corrected chi connectivity index (χ2v) is 5.66. The molecule has 106 valence electrons. The van der Waals surface area contributed by atoms with Gasteiger partial charge in [0.25, 0.3) is 0 Å². The Morgan fingerprint density at radius 1 is 1.21 bits per heavy atom. The first kappa shape index (κ1) is 14.2. The van der Waals surface area contributed by atoms with Crippen LogP contribution in [0.1, 0.15) is 26.2 Å². The fourth-order valence-electron chi connectivity index (χ4n) is 3.01. The van der Waals surface area contributed by atoms with E-state index >= 15 is 0 Å². The van der Waals surface area contributed by atoms with Gasteiger partial charge in [0, 0.05) is 19.3 Å². The molecule has 1 aromatic carbocycles. The molecule has 0 bridgehead atoms. The van der Waals surface area contributed by atoms with Gasteiger partial charge in [0.1, 0.15) is 5.75 Å². The van der Waals surface area contributed by atoms with Gasteiger partial charge in [0.2, 0.25) is 0 Å². The van der Waals surface area contributed by atoms with Crippen molar-refractivity contribution in [1.29, 1.82) is 0 Å². The minimum Gasteiger partial charge on any atom is -0.497 e. The van der Waals surface area contributed by atoms with Gasteiger partial charge >= 0.3 is 0 Å². The molecule has 1 aromatic rings. The minimum atomic E-state index is 0.472. The van der Waals surface area contributed by atoms with Gasteiger partial charge in [-0.2, -0.15) is 0 Å². The first-order valence-corrected chi connectivity index (χ1v) is 7.25. The van der Waals surface area contributed by atoms with Crippen LogP contribution in [0.4, 0.5) is 5.69 Å². The summed E-state index contributed by atoms with van der Waals surface area (Å²) in [5, 5.41) is 3.47. The first-order valence-electron chi connectivity index (χ1n) is 7.25. The Balaban J connectivity index is 2.03. The highest BCUT2D eigenvalue weighted by Crippen LogP contribution is 2.34. The second-order valence-electron chi connectivity index (χ2n) is 5.66. The summed E-state index contributed by atoms with van der Waals surface area (Å²) in [5.41, 5.74) is 1.74. The lowest BCUT2D eigenvalue weighted by atomic mass is 9.76. The number of methoxy groups -OCH3 is 1. The first-order chi connectivity index (χ1) is 9.19. The molecule has 2 rings (SSSR count). The van der Waals surface area contributed by atoms with Gasteiger partial charge < -0.3 is 15.0 Å². The van der Waals surface area contributed by atoms with Crippen molar-refractivity contribution < 1.29 is 4.74 Å². The molecule has 1 aliphatic rings. The summed E-state index contributed by atoms with van der Waals surface area (Å²) in [6.45, 7) is 5.78. The molecule has 1 fully saturated rings. The van der Waals surface area contributed by atoms with E-state index in [4.69, 9.17) is 4.74 Å². The van der Waals surface area contributed by atoms with Crippen molar-refractivity contribution >= 4 is 5.69 Å². The molecule has 19 heavy (non-hydrogen) atoms. The van der Waals surface area contributed by atoms with Crippen molar-refractivity contribution in [3.8, 4) is 5.75 Å². The molecule has 0 atom stereocenters. The van der Waals surface area contributed by atoms with Crippen LogP contribution in [-0.2, 0) is 0 Å². The number of nitrogens with zero attached hydrogens (tertiary/aromatic N) is 1. The highest BCUT2D eigenvalue weighted by atomic mass is 16.5. The Morgan fingerprint density at radius 3 is 2.37 bits per heavy atom. The number of anilines is 1. The highest BCUT2D eigenvalue weighted by Gasteiger charge is 2.31. The Hall–Kier alpha value is -1.22. The van der Waals surface area contributed by atoms with Crippen molar-refractivity contribution in [1.82, 2.24) is 5.32 Å². The number of benzene rings is 1. The molecule has 0 aliphatic carbocycles. The lowest BCUT2D eigenvalue weighted by Gasteiger charge is -2.40. The van der Waals surface area contributed by atoms with Crippen LogP contribution in [0, 0.1) is 5.41 Å². The molecule has 1 aliphatic heterocycles. The van der Waals surface area contributed by atoms with E-state index in [1.807, 2.05) is 12.1 Å². The van der Waals surface area contributed by atoms with Gasteiger partial charge in [-0.25, -0.2) is 0 Å². The smallest absolute Gasteiger partial charge is 0.119 e. The van der Waals surface area contributed by atoms with Crippen molar-refractivity contribution in [3.05, 3.63) is 24.3 Å². The molecule has 0 unspecified atom stereocenters. The van der Waals surface area contributed by atoms with E-state index in [9.17, 15) is 0 Å². The van der Waals surface area contributed by atoms with E-state index in [1.54, 1.807) is 7.11 Å². The van der Waals surface area contributed by atoms with Crippen LogP contribution in [0.5, 0.6) is 5.75 Å². The van der Waals surface area contributed by atoms with Crippen LogP contribution in [0.2, 0.25) is 0 Å². The number of ether oxygens (including phenoxy) is 1. The van der Waals surface area contributed by atoms with Crippen LogP contribution in [-0.4, -0.2) is 33.8 Å². The summed E-state index contributed by atoms with van der Waals surface area (Å²) in [6.07, 6.45) is 3.82. The van der Waals surface area contributed by atoms with E-state index in [0.717, 1.165) is 25.4 Å². The van der Waals surface area contributed by atoms with E-state index in [-0.39, 0.29) is 0 Å². The molecule has 0 spiro atoms. The maximum absolute atomic E-state index is 5.21. The molecule has 0 aromatic heterocycles. The van der Waals surface area contributed by atoms with E-state index in [1.165, 1.54) is 24.9 Å². The molecular weight excluding hydrogens is 236 g/mol. The summed E-state index contributed by atoms with van der Waals surface area (Å²) in [4.78, 5) is 2.38. The molecule has 1 saturated heterocycles. The third-order valence-electron chi connectivity index (χ3n) is 4.50. The number of piperidine rings is 1. The van der Waals surface area contributed by atoms with Gasteiger partial charge in [-0.05, 0) is 62.0 Å². The molecule has 0 amide bonds. The Labute approximate surface area is 116 Å². The van der Waals surface area contributed by atoms with Crippen LogP contribution >= 0.6 is 0 Å². The minimum absolute atomic E-state index is 0.472. The molecular formula is C16H26N2O. The second kappa shape index (κ2) is 6.29. The standard InChI is InChI=1S/C16H26N2O/c1-4-16(9-11-17-12-10-16)13-18(2)14-5-7-15(19-3)8-6-14/h5-8,17H,4,9-13H2,1-3H3. The van der Waals surface area contributed by atoms with Crippen molar-refractivity contribution in [2.75, 3.05) is 38.7 Å². The van der Waals surface area contributed by atoms with Crippen LogP contribution in [0.25, 0.3) is 0 Å². The SMILES string of the molecule is CCC1(CN(C)c2ccc(OC)cc2)CCNCC1. The summed E-state index contributed by atoms with van der Waals surface area (Å²) in [7, 11) is 3.90. The predicted molar refractivity (Wildman–Crippen MR) is 81.1 cm³/mol. The number of nitrogens with one attached hydrogen (secondary N) is 1. The fraction of sp³-hybridized carbons (Fsp3) is 0.625. The molecule has 1 heterocycles. The third-order valence-corrected chi connectivity index (χ3v) is 4.50. The third kappa shape index (κ3) is 3.41.